The fourth-order valence-corrected chi connectivity index (χ4v) is 2.71. The Morgan fingerprint density at radius 1 is 0.960 bits per heavy atom. The summed E-state index contributed by atoms with van der Waals surface area (Å²) < 4.78 is 26.6. The Morgan fingerprint density at radius 3 is 2.32 bits per heavy atom. The Labute approximate surface area is 143 Å². The van der Waals surface area contributed by atoms with Gasteiger partial charge in [-0.2, -0.15) is 0 Å². The number of nitrogens with one attached hydrogen (secondary N) is 1. The van der Waals surface area contributed by atoms with Gasteiger partial charge in [0.25, 0.3) is 11.8 Å². The van der Waals surface area contributed by atoms with E-state index in [9.17, 15) is 18.4 Å². The molecule has 128 valence electrons. The molecule has 3 rings (SSSR count). The van der Waals surface area contributed by atoms with Gasteiger partial charge in [0.15, 0.2) is 0 Å². The van der Waals surface area contributed by atoms with E-state index in [1.807, 2.05) is 6.92 Å². The predicted molar refractivity (Wildman–Crippen MR) is 90.4 cm³/mol. The van der Waals surface area contributed by atoms with Crippen LogP contribution in [0.15, 0.2) is 54.2 Å². The molecule has 2 aromatic rings. The highest BCUT2D eigenvalue weighted by Crippen LogP contribution is 2.30. The minimum atomic E-state index is -0.476. The highest BCUT2D eigenvalue weighted by molar-refractivity contribution is 6.36. The standard InChI is InChI=1S/C19H16F2N2O2/c1-2-10-23-18(24)16(12-6-8-13(20)9-7-12)17(19(23)25)22-15-5-3-4-14(21)11-15/h3-9,11,22H,2,10H2,1H3. The monoisotopic (exact) mass is 342 g/mol. The van der Waals surface area contributed by atoms with Crippen molar-refractivity contribution in [2.75, 3.05) is 11.9 Å². The van der Waals surface area contributed by atoms with Gasteiger partial charge in [0.05, 0.1) is 5.57 Å². The number of hydrogen-bond donors (Lipinski definition) is 1. The summed E-state index contributed by atoms with van der Waals surface area (Å²) in [6, 6.07) is 10.9. The molecule has 4 nitrogen and oxygen atoms in total. The smallest absolute Gasteiger partial charge is 0.278 e. The normalized spacial score (nSPS) is 14.4. The molecule has 6 heteroatoms. The maximum atomic E-state index is 13.4. The van der Waals surface area contributed by atoms with E-state index in [2.05, 4.69) is 5.32 Å². The van der Waals surface area contributed by atoms with E-state index >= 15 is 0 Å². The molecule has 1 aliphatic rings. The largest absolute Gasteiger partial charge is 0.350 e. The van der Waals surface area contributed by atoms with Crippen LogP contribution >= 0.6 is 0 Å². The van der Waals surface area contributed by atoms with E-state index in [0.717, 1.165) is 4.90 Å². The van der Waals surface area contributed by atoms with Crippen LogP contribution in [0.5, 0.6) is 0 Å². The second kappa shape index (κ2) is 6.84. The maximum Gasteiger partial charge on any atom is 0.278 e. The highest BCUT2D eigenvalue weighted by atomic mass is 19.1. The molecule has 0 bridgehead atoms. The van der Waals surface area contributed by atoms with Crippen molar-refractivity contribution >= 4 is 23.1 Å². The van der Waals surface area contributed by atoms with Crippen LogP contribution in [-0.4, -0.2) is 23.3 Å². The molecule has 0 aliphatic carbocycles. The lowest BCUT2D eigenvalue weighted by atomic mass is 10.0. The molecule has 0 atom stereocenters. The Bertz CT molecular complexity index is 860. The van der Waals surface area contributed by atoms with E-state index in [-0.39, 0.29) is 17.8 Å². The van der Waals surface area contributed by atoms with Gasteiger partial charge in [-0.15, -0.1) is 0 Å². The number of carbonyl (C=O) groups is 2. The van der Waals surface area contributed by atoms with E-state index < -0.39 is 23.4 Å². The van der Waals surface area contributed by atoms with Gasteiger partial charge in [-0.3, -0.25) is 14.5 Å². The number of hydrogen-bond acceptors (Lipinski definition) is 3. The Kier molecular flexibility index (Phi) is 4.61. The third kappa shape index (κ3) is 3.28. The zero-order chi connectivity index (χ0) is 18.0. The van der Waals surface area contributed by atoms with Gasteiger partial charge in [0.1, 0.15) is 17.3 Å². The van der Waals surface area contributed by atoms with E-state index in [4.69, 9.17) is 0 Å². The first kappa shape index (κ1) is 16.8. The van der Waals surface area contributed by atoms with E-state index in [1.54, 1.807) is 6.07 Å². The van der Waals surface area contributed by atoms with Gasteiger partial charge < -0.3 is 5.32 Å². The minimum Gasteiger partial charge on any atom is -0.350 e. The van der Waals surface area contributed by atoms with Gasteiger partial charge in [-0.25, -0.2) is 8.78 Å². The SMILES string of the molecule is CCCN1C(=O)C(Nc2cccc(F)c2)=C(c2ccc(F)cc2)C1=O. The highest BCUT2D eigenvalue weighted by Gasteiger charge is 2.38. The molecule has 0 fully saturated rings. The number of halogens is 2. The molecular formula is C19H16F2N2O2. The summed E-state index contributed by atoms with van der Waals surface area (Å²) in [6.07, 6.45) is 0.613. The van der Waals surface area contributed by atoms with Crippen molar-refractivity contribution in [3.8, 4) is 0 Å². The average Bonchev–Trinajstić information content (AvgIpc) is 2.81. The predicted octanol–water partition coefficient (Wildman–Crippen LogP) is 3.57. The van der Waals surface area contributed by atoms with Gasteiger partial charge >= 0.3 is 0 Å². The summed E-state index contributed by atoms with van der Waals surface area (Å²) in [5.74, 6) is -1.82. The van der Waals surface area contributed by atoms with Crippen molar-refractivity contribution in [1.82, 2.24) is 4.90 Å². The fourth-order valence-electron chi connectivity index (χ4n) is 2.71. The first-order chi connectivity index (χ1) is 12.0. The van der Waals surface area contributed by atoms with Gasteiger partial charge in [-0.1, -0.05) is 25.1 Å². The van der Waals surface area contributed by atoms with Crippen molar-refractivity contribution in [1.29, 1.82) is 0 Å². The molecule has 1 N–H and O–H groups in total. The number of carbonyl (C=O) groups excluding carboxylic acids is 2. The van der Waals surface area contributed by atoms with Crippen LogP contribution in [0.3, 0.4) is 0 Å². The fraction of sp³-hybridized carbons (Fsp3) is 0.158. The van der Waals surface area contributed by atoms with Crippen LogP contribution in [-0.2, 0) is 9.59 Å². The molecule has 25 heavy (non-hydrogen) atoms. The number of anilines is 1. The molecule has 0 saturated heterocycles. The van der Waals surface area contributed by atoms with Crippen molar-refractivity contribution < 1.29 is 18.4 Å². The van der Waals surface area contributed by atoms with Crippen LogP contribution in [0.2, 0.25) is 0 Å². The molecular weight excluding hydrogens is 326 g/mol. The average molecular weight is 342 g/mol. The third-order valence-corrected chi connectivity index (χ3v) is 3.84. The summed E-state index contributed by atoms with van der Waals surface area (Å²) in [5.41, 5.74) is 1.00. The van der Waals surface area contributed by atoms with Crippen LogP contribution in [0.25, 0.3) is 5.57 Å². The zero-order valence-corrected chi connectivity index (χ0v) is 13.6. The summed E-state index contributed by atoms with van der Waals surface area (Å²) in [7, 11) is 0. The quantitative estimate of drug-likeness (QED) is 0.845. The first-order valence-electron chi connectivity index (χ1n) is 7.90. The second-order valence-corrected chi connectivity index (χ2v) is 5.65. The number of benzene rings is 2. The Hall–Kier alpha value is -3.02. The molecule has 1 aliphatic heterocycles. The van der Waals surface area contributed by atoms with Crippen LogP contribution < -0.4 is 5.32 Å². The number of amides is 2. The molecule has 0 radical (unpaired) electrons. The number of imide groups is 1. The lowest BCUT2D eigenvalue weighted by Gasteiger charge is -2.13. The third-order valence-electron chi connectivity index (χ3n) is 3.84. The lowest BCUT2D eigenvalue weighted by Crippen LogP contribution is -2.33. The summed E-state index contributed by atoms with van der Waals surface area (Å²) in [5, 5.41) is 2.85. The maximum absolute atomic E-state index is 13.4. The second-order valence-electron chi connectivity index (χ2n) is 5.65. The lowest BCUT2D eigenvalue weighted by molar-refractivity contribution is -0.136. The number of rotatable bonds is 5. The molecule has 2 amide bonds. The van der Waals surface area contributed by atoms with E-state index in [1.165, 1.54) is 42.5 Å². The minimum absolute atomic E-state index is 0.0654. The summed E-state index contributed by atoms with van der Waals surface area (Å²) in [6.45, 7) is 2.13. The van der Waals surface area contributed by atoms with Crippen molar-refractivity contribution in [2.45, 2.75) is 13.3 Å². The molecule has 0 saturated carbocycles. The van der Waals surface area contributed by atoms with Crippen LogP contribution in [0, 0.1) is 11.6 Å². The van der Waals surface area contributed by atoms with Gasteiger partial charge in [0.2, 0.25) is 0 Å². The molecule has 0 unspecified atom stereocenters. The summed E-state index contributed by atoms with van der Waals surface area (Å²) >= 11 is 0. The molecule has 1 heterocycles. The topological polar surface area (TPSA) is 49.4 Å². The van der Waals surface area contributed by atoms with Gasteiger partial charge in [-0.05, 0) is 42.3 Å². The molecule has 2 aromatic carbocycles. The first-order valence-corrected chi connectivity index (χ1v) is 7.90. The number of nitrogens with zero attached hydrogens (tertiary/aromatic N) is 1. The van der Waals surface area contributed by atoms with Crippen LogP contribution in [0.1, 0.15) is 18.9 Å². The Morgan fingerprint density at radius 2 is 1.68 bits per heavy atom. The van der Waals surface area contributed by atoms with Gasteiger partial charge in [0, 0.05) is 12.2 Å². The molecule has 0 spiro atoms. The zero-order valence-electron chi connectivity index (χ0n) is 13.6. The summed E-state index contributed by atoms with van der Waals surface area (Å²) in [4.78, 5) is 26.5. The molecule has 0 aromatic heterocycles. The van der Waals surface area contributed by atoms with Crippen LogP contribution in [0.4, 0.5) is 14.5 Å². The Balaban J connectivity index is 2.07. The van der Waals surface area contributed by atoms with Crippen molar-refractivity contribution in [2.24, 2.45) is 0 Å². The van der Waals surface area contributed by atoms with Crippen molar-refractivity contribution in [3.63, 3.8) is 0 Å². The van der Waals surface area contributed by atoms with Crippen molar-refractivity contribution in [3.05, 3.63) is 71.4 Å². The van der Waals surface area contributed by atoms with E-state index in [0.29, 0.717) is 17.7 Å².